The van der Waals surface area contributed by atoms with Gasteiger partial charge >= 0.3 is 0 Å². The molecule has 2 aliphatic rings. The molecule has 2 amide bonds. The summed E-state index contributed by atoms with van der Waals surface area (Å²) in [6.45, 7) is 3.61. The van der Waals surface area contributed by atoms with Crippen LogP contribution in [0.2, 0.25) is 0 Å². The van der Waals surface area contributed by atoms with E-state index in [1.54, 1.807) is 17.0 Å². The van der Waals surface area contributed by atoms with Crippen LogP contribution in [0.5, 0.6) is 0 Å². The molecule has 3 rings (SSSR count). The highest BCUT2D eigenvalue weighted by Gasteiger charge is 2.34. The first-order valence-corrected chi connectivity index (χ1v) is 9.54. The minimum absolute atomic E-state index is 0.0286. The van der Waals surface area contributed by atoms with Crippen molar-refractivity contribution in [3.05, 3.63) is 35.6 Å². The quantitative estimate of drug-likeness (QED) is 0.799. The molecule has 2 aliphatic heterocycles. The lowest BCUT2D eigenvalue weighted by Gasteiger charge is -2.37. The number of nitrogens with zero attached hydrogens (tertiary/aromatic N) is 3. The van der Waals surface area contributed by atoms with Crippen LogP contribution in [0.25, 0.3) is 0 Å². The van der Waals surface area contributed by atoms with Gasteiger partial charge < -0.3 is 14.5 Å². The fraction of sp³-hybridized carbons (Fsp3) is 0.600. The van der Waals surface area contributed by atoms with Gasteiger partial charge in [0.25, 0.3) is 0 Å². The van der Waals surface area contributed by atoms with Gasteiger partial charge in [-0.1, -0.05) is 12.1 Å². The Bertz CT molecular complexity index is 668. The van der Waals surface area contributed by atoms with E-state index in [2.05, 4.69) is 0 Å². The first-order valence-electron chi connectivity index (χ1n) is 9.54. The predicted octanol–water partition coefficient (Wildman–Crippen LogP) is 1.53. The highest BCUT2D eigenvalue weighted by atomic mass is 19.1. The molecule has 2 saturated heterocycles. The molecule has 0 radical (unpaired) electrons. The zero-order valence-corrected chi connectivity index (χ0v) is 16.1. The number of benzene rings is 1. The average molecular weight is 377 g/mol. The molecule has 1 aromatic rings. The summed E-state index contributed by atoms with van der Waals surface area (Å²) in [5.74, 6) is -0.233. The summed E-state index contributed by atoms with van der Waals surface area (Å²) in [4.78, 5) is 31.2. The number of amides is 2. The Balaban J connectivity index is 1.62. The van der Waals surface area contributed by atoms with E-state index in [1.807, 2.05) is 23.9 Å². The van der Waals surface area contributed by atoms with Crippen LogP contribution in [0.15, 0.2) is 24.3 Å². The zero-order valence-electron chi connectivity index (χ0n) is 16.1. The van der Waals surface area contributed by atoms with Crippen LogP contribution in [0, 0.1) is 11.7 Å². The highest BCUT2D eigenvalue weighted by molar-refractivity contribution is 5.84. The standard InChI is InChI=1S/C20H28FN3O3/c1-22(2)18(16-4-3-5-17(21)14-16)20(26)23-8-6-15(7-9-23)19(25)24-10-12-27-13-11-24/h3-5,14-15,18H,6-13H2,1-2H3/t18-/m1/s1. The number of hydrogen-bond donors (Lipinski definition) is 0. The molecular formula is C20H28FN3O3. The summed E-state index contributed by atoms with van der Waals surface area (Å²) in [6.07, 6.45) is 1.34. The van der Waals surface area contributed by atoms with Gasteiger partial charge in [-0.3, -0.25) is 14.5 Å². The zero-order chi connectivity index (χ0) is 19.4. The fourth-order valence-corrected chi connectivity index (χ4v) is 3.90. The third kappa shape index (κ3) is 4.65. The summed E-state index contributed by atoms with van der Waals surface area (Å²) >= 11 is 0. The van der Waals surface area contributed by atoms with Crippen LogP contribution in [0.4, 0.5) is 4.39 Å². The Hall–Kier alpha value is -1.99. The Kier molecular flexibility index (Phi) is 6.44. The lowest BCUT2D eigenvalue weighted by molar-refractivity contribution is -0.145. The van der Waals surface area contributed by atoms with E-state index in [9.17, 15) is 14.0 Å². The topological polar surface area (TPSA) is 53.1 Å². The van der Waals surface area contributed by atoms with Gasteiger partial charge in [0.1, 0.15) is 11.9 Å². The summed E-state index contributed by atoms with van der Waals surface area (Å²) in [7, 11) is 3.64. The van der Waals surface area contributed by atoms with Crippen LogP contribution < -0.4 is 0 Å². The number of ether oxygens (including phenoxy) is 1. The molecule has 0 bridgehead atoms. The maximum Gasteiger partial charge on any atom is 0.244 e. The number of likely N-dealkylation sites (tertiary alicyclic amines) is 1. The van der Waals surface area contributed by atoms with E-state index in [1.165, 1.54) is 12.1 Å². The van der Waals surface area contributed by atoms with Gasteiger partial charge in [-0.15, -0.1) is 0 Å². The number of carbonyl (C=O) groups is 2. The van der Waals surface area contributed by atoms with Crippen molar-refractivity contribution in [2.24, 2.45) is 5.92 Å². The second-order valence-corrected chi connectivity index (χ2v) is 7.46. The summed E-state index contributed by atoms with van der Waals surface area (Å²) < 4.78 is 18.9. The smallest absolute Gasteiger partial charge is 0.244 e. The van der Waals surface area contributed by atoms with Gasteiger partial charge in [0.15, 0.2) is 0 Å². The van der Waals surface area contributed by atoms with E-state index in [0.717, 1.165) is 0 Å². The lowest BCUT2D eigenvalue weighted by Crippen LogP contribution is -2.49. The van der Waals surface area contributed by atoms with E-state index < -0.39 is 6.04 Å². The van der Waals surface area contributed by atoms with E-state index in [4.69, 9.17) is 4.74 Å². The molecule has 7 heteroatoms. The molecular weight excluding hydrogens is 349 g/mol. The van der Waals surface area contributed by atoms with E-state index in [-0.39, 0.29) is 23.5 Å². The van der Waals surface area contributed by atoms with Crippen LogP contribution in [0.1, 0.15) is 24.4 Å². The molecule has 27 heavy (non-hydrogen) atoms. The van der Waals surface area contributed by atoms with Crippen molar-refractivity contribution in [2.45, 2.75) is 18.9 Å². The normalized spacial score (nSPS) is 20.0. The number of morpholine rings is 1. The minimum atomic E-state index is -0.521. The molecule has 148 valence electrons. The van der Waals surface area contributed by atoms with Gasteiger partial charge in [0.05, 0.1) is 13.2 Å². The van der Waals surface area contributed by atoms with Crippen LogP contribution in [0.3, 0.4) is 0 Å². The fourth-order valence-electron chi connectivity index (χ4n) is 3.90. The van der Waals surface area contributed by atoms with E-state index >= 15 is 0 Å². The molecule has 0 saturated carbocycles. The predicted molar refractivity (Wildman–Crippen MR) is 99.5 cm³/mol. The minimum Gasteiger partial charge on any atom is -0.378 e. The maximum absolute atomic E-state index is 13.6. The van der Waals surface area contributed by atoms with Crippen molar-refractivity contribution in [1.29, 1.82) is 0 Å². The van der Waals surface area contributed by atoms with Gasteiger partial charge in [0, 0.05) is 32.1 Å². The first kappa shape index (κ1) is 19.8. The number of likely N-dealkylation sites (N-methyl/N-ethyl adjacent to an activating group) is 1. The average Bonchev–Trinajstić information content (AvgIpc) is 2.68. The first-order chi connectivity index (χ1) is 13.0. The van der Waals surface area contributed by atoms with E-state index in [0.29, 0.717) is 57.8 Å². The third-order valence-electron chi connectivity index (χ3n) is 5.39. The van der Waals surface area contributed by atoms with Crippen molar-refractivity contribution in [2.75, 3.05) is 53.5 Å². The summed E-state index contributed by atoms with van der Waals surface area (Å²) in [6, 6.07) is 5.68. The SMILES string of the molecule is CN(C)[C@@H](C(=O)N1CCC(C(=O)N2CCOCC2)CC1)c1cccc(F)c1. The molecule has 0 spiro atoms. The van der Waals surface area contributed by atoms with Crippen molar-refractivity contribution >= 4 is 11.8 Å². The summed E-state index contributed by atoms with van der Waals surface area (Å²) in [5.41, 5.74) is 0.650. The maximum atomic E-state index is 13.6. The molecule has 0 N–H and O–H groups in total. The second kappa shape index (κ2) is 8.80. The van der Waals surface area contributed by atoms with Gasteiger partial charge in [-0.25, -0.2) is 4.39 Å². The van der Waals surface area contributed by atoms with Gasteiger partial charge in [-0.05, 0) is 44.6 Å². The van der Waals surface area contributed by atoms with Crippen molar-refractivity contribution in [3.63, 3.8) is 0 Å². The Morgan fingerprint density at radius 3 is 2.37 bits per heavy atom. The molecule has 1 atom stereocenters. The van der Waals surface area contributed by atoms with Crippen LogP contribution in [-0.2, 0) is 14.3 Å². The third-order valence-corrected chi connectivity index (χ3v) is 5.39. The number of piperidine rings is 1. The van der Waals surface area contributed by atoms with Crippen molar-refractivity contribution < 1.29 is 18.7 Å². The van der Waals surface area contributed by atoms with Crippen molar-refractivity contribution in [3.8, 4) is 0 Å². The number of carbonyl (C=O) groups excluding carboxylic acids is 2. The Morgan fingerprint density at radius 1 is 1.11 bits per heavy atom. The van der Waals surface area contributed by atoms with Gasteiger partial charge in [-0.2, -0.15) is 0 Å². The monoisotopic (exact) mass is 377 g/mol. The molecule has 2 fully saturated rings. The molecule has 6 nitrogen and oxygen atoms in total. The molecule has 1 aromatic carbocycles. The van der Waals surface area contributed by atoms with Crippen LogP contribution in [-0.4, -0.2) is 80.0 Å². The molecule has 0 aromatic heterocycles. The summed E-state index contributed by atoms with van der Waals surface area (Å²) in [5, 5.41) is 0. The highest BCUT2D eigenvalue weighted by Crippen LogP contribution is 2.26. The van der Waals surface area contributed by atoms with Crippen molar-refractivity contribution in [1.82, 2.24) is 14.7 Å². The molecule has 2 heterocycles. The molecule has 0 aliphatic carbocycles. The second-order valence-electron chi connectivity index (χ2n) is 7.46. The largest absolute Gasteiger partial charge is 0.378 e. The molecule has 0 unspecified atom stereocenters. The number of rotatable bonds is 4. The van der Waals surface area contributed by atoms with Crippen LogP contribution >= 0.6 is 0 Å². The number of halogens is 1. The number of hydrogen-bond acceptors (Lipinski definition) is 4. The lowest BCUT2D eigenvalue weighted by atomic mass is 9.94. The Labute approximate surface area is 159 Å². The Morgan fingerprint density at radius 2 is 1.78 bits per heavy atom. The van der Waals surface area contributed by atoms with Gasteiger partial charge in [0.2, 0.25) is 11.8 Å².